The van der Waals surface area contributed by atoms with Crippen molar-refractivity contribution in [3.63, 3.8) is 0 Å². The molecule has 1 aromatic heterocycles. The van der Waals surface area contributed by atoms with Crippen LogP contribution in [0.5, 0.6) is 0 Å². The van der Waals surface area contributed by atoms with Gasteiger partial charge >= 0.3 is 5.97 Å². The number of hydrogen-bond acceptors (Lipinski definition) is 3. The minimum absolute atomic E-state index is 0.0848. The quantitative estimate of drug-likeness (QED) is 0.887. The predicted octanol–water partition coefficient (Wildman–Crippen LogP) is 2.44. The summed E-state index contributed by atoms with van der Waals surface area (Å²) in [5, 5.41) is 9.53. The number of carbonyl (C=O) groups is 1. The SMILES string of the molecule is O=C(O)c1cc(=O)[nH]c(-c2ccc(Cl)cc2Cl)n1. The Morgan fingerprint density at radius 3 is 2.61 bits per heavy atom. The summed E-state index contributed by atoms with van der Waals surface area (Å²) in [6.07, 6.45) is 0. The minimum Gasteiger partial charge on any atom is -0.477 e. The van der Waals surface area contributed by atoms with E-state index in [0.717, 1.165) is 6.07 Å². The maximum absolute atomic E-state index is 11.3. The van der Waals surface area contributed by atoms with Gasteiger partial charge in [0.15, 0.2) is 5.69 Å². The number of nitrogens with zero attached hydrogens (tertiary/aromatic N) is 1. The number of aromatic amines is 1. The lowest BCUT2D eigenvalue weighted by Gasteiger charge is -2.04. The van der Waals surface area contributed by atoms with Gasteiger partial charge in [0.1, 0.15) is 5.82 Å². The topological polar surface area (TPSA) is 83.0 Å². The molecule has 0 saturated carbocycles. The van der Waals surface area contributed by atoms with Crippen LogP contribution in [0.2, 0.25) is 10.0 Å². The zero-order chi connectivity index (χ0) is 13.3. The minimum atomic E-state index is -1.28. The van der Waals surface area contributed by atoms with Crippen molar-refractivity contribution in [1.82, 2.24) is 9.97 Å². The smallest absolute Gasteiger partial charge is 0.354 e. The van der Waals surface area contributed by atoms with E-state index in [2.05, 4.69) is 9.97 Å². The van der Waals surface area contributed by atoms with Crippen LogP contribution in [-0.4, -0.2) is 21.0 Å². The molecule has 7 heteroatoms. The van der Waals surface area contributed by atoms with Crippen LogP contribution in [0, 0.1) is 0 Å². The summed E-state index contributed by atoms with van der Waals surface area (Å²) >= 11 is 11.7. The molecular weight excluding hydrogens is 279 g/mol. The van der Waals surface area contributed by atoms with E-state index in [1.54, 1.807) is 12.1 Å². The first-order chi connectivity index (χ1) is 8.47. The molecule has 0 aliphatic carbocycles. The molecule has 0 bridgehead atoms. The second kappa shape index (κ2) is 4.80. The molecule has 18 heavy (non-hydrogen) atoms. The van der Waals surface area contributed by atoms with Gasteiger partial charge < -0.3 is 10.1 Å². The standard InChI is InChI=1S/C11H6Cl2N2O3/c12-5-1-2-6(7(13)3-5)10-14-8(11(17)18)4-9(16)15-10/h1-4H,(H,17,18)(H,14,15,16). The number of halogens is 2. The van der Waals surface area contributed by atoms with Gasteiger partial charge in [-0.05, 0) is 18.2 Å². The van der Waals surface area contributed by atoms with E-state index >= 15 is 0 Å². The van der Waals surface area contributed by atoms with Crippen molar-refractivity contribution >= 4 is 29.2 Å². The number of aromatic carboxylic acids is 1. The molecule has 0 fully saturated rings. The number of benzene rings is 1. The van der Waals surface area contributed by atoms with Crippen molar-refractivity contribution in [3.8, 4) is 11.4 Å². The fourth-order valence-electron chi connectivity index (χ4n) is 1.38. The molecule has 0 atom stereocenters. The number of rotatable bonds is 2. The molecule has 92 valence electrons. The molecule has 0 aliphatic rings. The van der Waals surface area contributed by atoms with E-state index in [-0.39, 0.29) is 16.5 Å². The van der Waals surface area contributed by atoms with E-state index in [9.17, 15) is 9.59 Å². The predicted molar refractivity (Wildman–Crippen MR) is 67.3 cm³/mol. The third kappa shape index (κ3) is 2.52. The second-order valence-corrected chi connectivity index (χ2v) is 4.25. The molecule has 2 N–H and O–H groups in total. The third-order valence-corrected chi connectivity index (χ3v) is 2.69. The van der Waals surface area contributed by atoms with E-state index in [1.807, 2.05) is 0 Å². The van der Waals surface area contributed by atoms with Crippen LogP contribution in [0.3, 0.4) is 0 Å². The van der Waals surface area contributed by atoms with Crippen LogP contribution in [0.4, 0.5) is 0 Å². The number of aromatic nitrogens is 2. The first-order valence-corrected chi connectivity index (χ1v) is 5.53. The van der Waals surface area contributed by atoms with Gasteiger partial charge in [0.05, 0.1) is 5.02 Å². The Balaban J connectivity index is 2.64. The number of carboxylic acids is 1. The fraction of sp³-hybridized carbons (Fsp3) is 0. The van der Waals surface area contributed by atoms with Gasteiger partial charge in [-0.25, -0.2) is 9.78 Å². The Morgan fingerprint density at radius 1 is 1.28 bits per heavy atom. The highest BCUT2D eigenvalue weighted by Crippen LogP contribution is 2.27. The van der Waals surface area contributed by atoms with E-state index < -0.39 is 11.5 Å². The van der Waals surface area contributed by atoms with Crippen LogP contribution in [-0.2, 0) is 0 Å². The highest BCUT2D eigenvalue weighted by atomic mass is 35.5. The maximum atomic E-state index is 11.3. The molecule has 0 spiro atoms. The summed E-state index contributed by atoms with van der Waals surface area (Å²) in [5.74, 6) is -1.20. The van der Waals surface area contributed by atoms with Crippen LogP contribution >= 0.6 is 23.2 Å². The zero-order valence-corrected chi connectivity index (χ0v) is 10.3. The molecule has 1 heterocycles. The van der Waals surface area contributed by atoms with Crippen molar-refractivity contribution in [2.24, 2.45) is 0 Å². The number of carboxylic acid groups (broad SMARTS) is 1. The van der Waals surface area contributed by atoms with E-state index in [4.69, 9.17) is 28.3 Å². The van der Waals surface area contributed by atoms with Gasteiger partial charge in [-0.2, -0.15) is 0 Å². The van der Waals surface area contributed by atoms with Gasteiger partial charge in [-0.1, -0.05) is 23.2 Å². The molecule has 0 aliphatic heterocycles. The first kappa shape index (κ1) is 12.6. The van der Waals surface area contributed by atoms with Crippen LogP contribution in [0.1, 0.15) is 10.5 Å². The summed E-state index contributed by atoms with van der Waals surface area (Å²) in [6.45, 7) is 0. The molecular formula is C11H6Cl2N2O3. The lowest BCUT2D eigenvalue weighted by molar-refractivity contribution is 0.0690. The van der Waals surface area contributed by atoms with Crippen molar-refractivity contribution in [3.05, 3.63) is 50.4 Å². The lowest BCUT2D eigenvalue weighted by Crippen LogP contribution is -2.13. The van der Waals surface area contributed by atoms with Gasteiger partial charge in [0.2, 0.25) is 0 Å². The lowest BCUT2D eigenvalue weighted by atomic mass is 10.2. The van der Waals surface area contributed by atoms with Crippen molar-refractivity contribution < 1.29 is 9.90 Å². The number of H-pyrrole nitrogens is 1. The van der Waals surface area contributed by atoms with Crippen molar-refractivity contribution in [1.29, 1.82) is 0 Å². The molecule has 0 amide bonds. The average Bonchev–Trinajstić information content (AvgIpc) is 2.27. The van der Waals surface area contributed by atoms with Gasteiger partial charge in [0.25, 0.3) is 5.56 Å². The Hall–Kier alpha value is -1.85. The van der Waals surface area contributed by atoms with Crippen molar-refractivity contribution in [2.75, 3.05) is 0 Å². The summed E-state index contributed by atoms with van der Waals surface area (Å²) < 4.78 is 0. The van der Waals surface area contributed by atoms with Gasteiger partial charge in [-0.3, -0.25) is 4.79 Å². The monoisotopic (exact) mass is 284 g/mol. The Kier molecular flexibility index (Phi) is 3.36. The molecule has 0 saturated heterocycles. The molecule has 0 radical (unpaired) electrons. The van der Waals surface area contributed by atoms with E-state index in [0.29, 0.717) is 10.6 Å². The molecule has 2 aromatic rings. The number of hydrogen-bond donors (Lipinski definition) is 2. The summed E-state index contributed by atoms with van der Waals surface area (Å²) in [4.78, 5) is 28.4. The van der Waals surface area contributed by atoms with Crippen LogP contribution in [0.15, 0.2) is 29.1 Å². The molecule has 2 rings (SSSR count). The van der Waals surface area contributed by atoms with Crippen LogP contribution in [0.25, 0.3) is 11.4 Å². The summed E-state index contributed by atoms with van der Waals surface area (Å²) in [7, 11) is 0. The summed E-state index contributed by atoms with van der Waals surface area (Å²) in [6, 6.07) is 5.49. The number of nitrogens with one attached hydrogen (secondary N) is 1. The summed E-state index contributed by atoms with van der Waals surface area (Å²) in [5.41, 5.74) is -0.510. The van der Waals surface area contributed by atoms with Gasteiger partial charge in [0, 0.05) is 16.7 Å². The van der Waals surface area contributed by atoms with E-state index in [1.165, 1.54) is 6.07 Å². The first-order valence-electron chi connectivity index (χ1n) is 4.77. The Bertz CT molecular complexity index is 682. The normalized spacial score (nSPS) is 10.3. The Labute approximate surface area is 111 Å². The highest BCUT2D eigenvalue weighted by molar-refractivity contribution is 6.36. The molecule has 1 aromatic carbocycles. The van der Waals surface area contributed by atoms with Crippen LogP contribution < -0.4 is 5.56 Å². The molecule has 0 unspecified atom stereocenters. The van der Waals surface area contributed by atoms with Gasteiger partial charge in [-0.15, -0.1) is 0 Å². The maximum Gasteiger partial charge on any atom is 0.354 e. The van der Waals surface area contributed by atoms with Crippen molar-refractivity contribution in [2.45, 2.75) is 0 Å². The Morgan fingerprint density at radius 2 is 2.00 bits per heavy atom. The fourth-order valence-corrected chi connectivity index (χ4v) is 1.87. The zero-order valence-electron chi connectivity index (χ0n) is 8.78. The third-order valence-electron chi connectivity index (χ3n) is 2.15. The molecule has 5 nitrogen and oxygen atoms in total. The average molecular weight is 285 g/mol. The highest BCUT2D eigenvalue weighted by Gasteiger charge is 2.12. The second-order valence-electron chi connectivity index (χ2n) is 3.41. The largest absolute Gasteiger partial charge is 0.477 e.